The summed E-state index contributed by atoms with van der Waals surface area (Å²) in [6.07, 6.45) is 0. The number of hydrogen-bond donors (Lipinski definition) is 2. The molecule has 0 saturated carbocycles. The third-order valence-corrected chi connectivity index (χ3v) is 4.23. The Hall–Kier alpha value is -0.550. The van der Waals surface area contributed by atoms with Crippen LogP contribution in [-0.2, 0) is 0 Å². The minimum Gasteiger partial charge on any atom is -0.506 e. The molecule has 0 amide bonds. The molecule has 3 N–H and O–H groups in total. The second kappa shape index (κ2) is 4.75. The summed E-state index contributed by atoms with van der Waals surface area (Å²) >= 11 is 10.8. The van der Waals surface area contributed by atoms with Gasteiger partial charge in [-0.3, -0.25) is 0 Å². The maximum absolute atomic E-state index is 9.91. The van der Waals surface area contributed by atoms with Gasteiger partial charge in [0.25, 0.3) is 0 Å². The van der Waals surface area contributed by atoms with Gasteiger partial charge in [0.1, 0.15) is 5.75 Å². The van der Waals surface area contributed by atoms with E-state index in [-0.39, 0.29) is 11.8 Å². The van der Waals surface area contributed by atoms with Crippen LogP contribution in [-0.4, -0.2) is 5.11 Å². The molecule has 0 aliphatic heterocycles. The Bertz CT molecular complexity index is 501. The lowest BCUT2D eigenvalue weighted by molar-refractivity contribution is 0.465. The van der Waals surface area contributed by atoms with Crippen molar-refractivity contribution < 1.29 is 5.11 Å². The fourth-order valence-corrected chi connectivity index (χ4v) is 2.93. The molecule has 0 aliphatic carbocycles. The van der Waals surface area contributed by atoms with Crippen LogP contribution in [0.2, 0.25) is 5.02 Å². The van der Waals surface area contributed by atoms with E-state index in [1.807, 2.05) is 17.5 Å². The number of phenolic OH excluding ortho intramolecular Hbond substituents is 1. The van der Waals surface area contributed by atoms with Gasteiger partial charge in [-0.2, -0.15) is 0 Å². The standard InChI is InChI=1S/C11H9BrClNOS/c12-6-3-4-7(13)11(15)9(6)10(14)8-2-1-5-16-8/h1-5,10,15H,14H2/t10-/m0/s1. The topological polar surface area (TPSA) is 46.2 Å². The Labute approximate surface area is 111 Å². The fourth-order valence-electron chi connectivity index (χ4n) is 1.46. The Morgan fingerprint density at radius 3 is 2.75 bits per heavy atom. The number of benzene rings is 1. The van der Waals surface area contributed by atoms with E-state index in [0.29, 0.717) is 10.6 Å². The summed E-state index contributed by atoms with van der Waals surface area (Å²) in [7, 11) is 0. The van der Waals surface area contributed by atoms with Gasteiger partial charge < -0.3 is 10.8 Å². The number of nitrogens with two attached hydrogens (primary N) is 1. The maximum Gasteiger partial charge on any atom is 0.140 e. The molecule has 0 bridgehead atoms. The van der Waals surface area contributed by atoms with Crippen LogP contribution < -0.4 is 5.73 Å². The van der Waals surface area contributed by atoms with Crippen molar-refractivity contribution in [2.24, 2.45) is 5.73 Å². The van der Waals surface area contributed by atoms with Crippen LogP contribution >= 0.6 is 38.9 Å². The normalized spacial score (nSPS) is 12.7. The van der Waals surface area contributed by atoms with E-state index < -0.39 is 0 Å². The minimum absolute atomic E-state index is 0.0388. The van der Waals surface area contributed by atoms with E-state index in [4.69, 9.17) is 17.3 Å². The van der Waals surface area contributed by atoms with Gasteiger partial charge in [0, 0.05) is 14.9 Å². The number of phenols is 1. The van der Waals surface area contributed by atoms with Crippen LogP contribution in [0.15, 0.2) is 34.1 Å². The van der Waals surface area contributed by atoms with E-state index in [1.54, 1.807) is 23.5 Å². The first kappa shape index (κ1) is 11.9. The maximum atomic E-state index is 9.91. The molecule has 2 aromatic rings. The summed E-state index contributed by atoms with van der Waals surface area (Å²) in [5.41, 5.74) is 6.71. The van der Waals surface area contributed by atoms with Crippen molar-refractivity contribution in [2.45, 2.75) is 6.04 Å². The van der Waals surface area contributed by atoms with Crippen molar-refractivity contribution in [2.75, 3.05) is 0 Å². The predicted octanol–water partition coefficient (Wildman–Crippen LogP) is 3.92. The van der Waals surface area contributed by atoms with Crippen LogP contribution in [0.25, 0.3) is 0 Å². The largest absolute Gasteiger partial charge is 0.506 e. The number of hydrogen-bond acceptors (Lipinski definition) is 3. The predicted molar refractivity (Wildman–Crippen MR) is 71.2 cm³/mol. The lowest BCUT2D eigenvalue weighted by Gasteiger charge is -2.14. The molecule has 2 rings (SSSR count). The Morgan fingerprint density at radius 1 is 1.38 bits per heavy atom. The zero-order chi connectivity index (χ0) is 11.7. The zero-order valence-electron chi connectivity index (χ0n) is 8.15. The number of thiophene rings is 1. The van der Waals surface area contributed by atoms with Crippen LogP contribution in [0, 0.1) is 0 Å². The highest BCUT2D eigenvalue weighted by Crippen LogP contribution is 2.39. The van der Waals surface area contributed by atoms with E-state index in [0.717, 1.165) is 9.35 Å². The lowest BCUT2D eigenvalue weighted by Crippen LogP contribution is -2.11. The molecule has 84 valence electrons. The molecule has 0 fully saturated rings. The van der Waals surface area contributed by atoms with Crippen LogP contribution in [0.3, 0.4) is 0 Å². The summed E-state index contributed by atoms with van der Waals surface area (Å²) in [4.78, 5) is 0.985. The van der Waals surface area contributed by atoms with E-state index in [1.165, 1.54) is 0 Å². The van der Waals surface area contributed by atoms with Gasteiger partial charge in [-0.05, 0) is 23.6 Å². The second-order valence-electron chi connectivity index (χ2n) is 3.28. The first-order valence-corrected chi connectivity index (χ1v) is 6.62. The van der Waals surface area contributed by atoms with Gasteiger partial charge in [0.05, 0.1) is 11.1 Å². The number of aromatic hydroxyl groups is 1. The summed E-state index contributed by atoms with van der Waals surface area (Å²) in [6, 6.07) is 6.90. The first-order chi connectivity index (χ1) is 7.61. The van der Waals surface area contributed by atoms with Crippen molar-refractivity contribution in [3.8, 4) is 5.75 Å². The van der Waals surface area contributed by atoms with Gasteiger partial charge in [-0.15, -0.1) is 11.3 Å². The average Bonchev–Trinajstić information content (AvgIpc) is 2.77. The highest BCUT2D eigenvalue weighted by Gasteiger charge is 2.19. The van der Waals surface area contributed by atoms with Gasteiger partial charge in [0.15, 0.2) is 0 Å². The van der Waals surface area contributed by atoms with Crippen molar-refractivity contribution >= 4 is 38.9 Å². The van der Waals surface area contributed by atoms with Crippen LogP contribution in [0.4, 0.5) is 0 Å². The van der Waals surface area contributed by atoms with Crippen LogP contribution in [0.5, 0.6) is 5.75 Å². The van der Waals surface area contributed by atoms with Gasteiger partial charge in [-0.1, -0.05) is 33.6 Å². The molecule has 1 aromatic heterocycles. The minimum atomic E-state index is -0.368. The van der Waals surface area contributed by atoms with Crippen molar-refractivity contribution in [3.05, 3.63) is 49.6 Å². The zero-order valence-corrected chi connectivity index (χ0v) is 11.3. The lowest BCUT2D eigenvalue weighted by atomic mass is 10.1. The molecule has 0 aliphatic rings. The summed E-state index contributed by atoms with van der Waals surface area (Å²) in [5.74, 6) is 0.0388. The average molecular weight is 319 g/mol. The van der Waals surface area contributed by atoms with Crippen molar-refractivity contribution in [1.82, 2.24) is 0 Å². The monoisotopic (exact) mass is 317 g/mol. The molecule has 2 nitrogen and oxygen atoms in total. The van der Waals surface area contributed by atoms with Gasteiger partial charge in [-0.25, -0.2) is 0 Å². The highest BCUT2D eigenvalue weighted by molar-refractivity contribution is 9.10. The van der Waals surface area contributed by atoms with Gasteiger partial charge >= 0.3 is 0 Å². The number of halogens is 2. The third-order valence-electron chi connectivity index (χ3n) is 2.28. The molecule has 0 unspecified atom stereocenters. The first-order valence-electron chi connectivity index (χ1n) is 4.57. The SMILES string of the molecule is N[C@@H](c1cccs1)c1c(Br)ccc(Cl)c1O. The van der Waals surface area contributed by atoms with E-state index >= 15 is 0 Å². The van der Waals surface area contributed by atoms with Gasteiger partial charge in [0.2, 0.25) is 0 Å². The van der Waals surface area contributed by atoms with E-state index in [2.05, 4.69) is 15.9 Å². The molecular weight excluding hydrogens is 310 g/mol. The smallest absolute Gasteiger partial charge is 0.140 e. The Balaban J connectivity index is 2.52. The summed E-state index contributed by atoms with van der Waals surface area (Å²) in [5, 5.41) is 12.2. The van der Waals surface area contributed by atoms with E-state index in [9.17, 15) is 5.11 Å². The third kappa shape index (κ3) is 2.11. The number of rotatable bonds is 2. The second-order valence-corrected chi connectivity index (χ2v) is 5.53. The molecule has 0 spiro atoms. The summed E-state index contributed by atoms with van der Waals surface area (Å²) in [6.45, 7) is 0. The molecule has 1 atom stereocenters. The molecule has 5 heteroatoms. The molecule has 16 heavy (non-hydrogen) atoms. The summed E-state index contributed by atoms with van der Waals surface area (Å²) < 4.78 is 0.760. The molecule has 0 radical (unpaired) electrons. The molecule has 0 saturated heterocycles. The molecular formula is C11H9BrClNOS. The Kier molecular flexibility index (Phi) is 3.54. The highest BCUT2D eigenvalue weighted by atomic mass is 79.9. The van der Waals surface area contributed by atoms with Crippen molar-refractivity contribution in [3.63, 3.8) is 0 Å². The van der Waals surface area contributed by atoms with Crippen molar-refractivity contribution in [1.29, 1.82) is 0 Å². The molecule has 1 heterocycles. The fraction of sp³-hybridized carbons (Fsp3) is 0.0909. The quantitative estimate of drug-likeness (QED) is 0.881. The Morgan fingerprint density at radius 2 is 2.12 bits per heavy atom. The van der Waals surface area contributed by atoms with Crippen LogP contribution in [0.1, 0.15) is 16.5 Å². The molecule has 1 aromatic carbocycles.